The Morgan fingerprint density at radius 1 is 1.07 bits per heavy atom. The van der Waals surface area contributed by atoms with Gasteiger partial charge in [-0.05, 0) is 83.6 Å². The highest BCUT2D eigenvalue weighted by Crippen LogP contribution is 2.48. The van der Waals surface area contributed by atoms with E-state index in [0.717, 1.165) is 46.1 Å². The van der Waals surface area contributed by atoms with Gasteiger partial charge in [0.2, 0.25) is 0 Å². The van der Waals surface area contributed by atoms with Crippen molar-refractivity contribution in [3.05, 3.63) is 124 Å². The van der Waals surface area contributed by atoms with Gasteiger partial charge in [0.1, 0.15) is 12.4 Å². The van der Waals surface area contributed by atoms with Crippen LogP contribution in [0.1, 0.15) is 90.7 Å². The molecule has 2 aromatic carbocycles. The van der Waals surface area contributed by atoms with Crippen LogP contribution in [-0.2, 0) is 21.6 Å². The number of rotatable bonds is 7. The van der Waals surface area contributed by atoms with Crippen molar-refractivity contribution in [1.82, 2.24) is 19.2 Å². The van der Waals surface area contributed by atoms with Crippen molar-refractivity contribution in [2.45, 2.75) is 91.6 Å². The predicted octanol–water partition coefficient (Wildman–Crippen LogP) is 9.99. The molecule has 278 valence electrons. The van der Waals surface area contributed by atoms with Crippen molar-refractivity contribution in [3.63, 3.8) is 0 Å². The number of pyridine rings is 1. The Morgan fingerprint density at radius 2 is 1.91 bits per heavy atom. The zero-order valence-corrected chi connectivity index (χ0v) is 31.8. The van der Waals surface area contributed by atoms with Crippen LogP contribution in [-0.4, -0.2) is 25.1 Å². The first-order valence-electron chi connectivity index (χ1n) is 19.3. The Hall–Kier alpha value is -5.31. The lowest BCUT2D eigenvalue weighted by atomic mass is 9.82. The number of carbonyl (C=O) groups excluding carboxylic acids is 1. The molecule has 2 saturated carbocycles. The van der Waals surface area contributed by atoms with Crippen LogP contribution in [0.2, 0.25) is 0 Å². The summed E-state index contributed by atoms with van der Waals surface area (Å²) in [7, 11) is 0. The van der Waals surface area contributed by atoms with Gasteiger partial charge in [0, 0.05) is 53.6 Å². The van der Waals surface area contributed by atoms with E-state index in [1.165, 1.54) is 73.5 Å². The average Bonchev–Trinajstić information content (AvgIpc) is 3.76. The van der Waals surface area contributed by atoms with E-state index >= 15 is 4.39 Å². The van der Waals surface area contributed by atoms with E-state index in [1.54, 1.807) is 12.3 Å². The first kappa shape index (κ1) is 35.7. The number of halogens is 1. The molecule has 0 bridgehead atoms. The van der Waals surface area contributed by atoms with Crippen LogP contribution >= 0.6 is 0 Å². The lowest BCUT2D eigenvalue weighted by Gasteiger charge is -2.23. The number of hydrogen-bond donors (Lipinski definition) is 1. The Bertz CT molecular complexity index is 2450. The number of nitrogens with one attached hydrogen (secondary N) is 1. The number of anilines is 1. The zero-order valence-electron chi connectivity index (χ0n) is 31.8. The molecule has 2 fully saturated rings. The third-order valence-corrected chi connectivity index (χ3v) is 11.5. The van der Waals surface area contributed by atoms with Crippen LogP contribution in [0.4, 0.5) is 10.1 Å². The van der Waals surface area contributed by atoms with Crippen molar-refractivity contribution in [1.29, 1.82) is 0 Å². The molecule has 54 heavy (non-hydrogen) atoms. The fourth-order valence-electron chi connectivity index (χ4n) is 8.22. The number of ether oxygens (including phenoxy) is 1. The molecule has 5 aromatic rings. The van der Waals surface area contributed by atoms with E-state index in [9.17, 15) is 9.59 Å². The maximum atomic E-state index is 15.7. The smallest absolute Gasteiger partial charge is 0.302 e. The van der Waals surface area contributed by atoms with E-state index in [-0.39, 0.29) is 17.4 Å². The summed E-state index contributed by atoms with van der Waals surface area (Å²) in [6, 6.07) is 10.8. The monoisotopic (exact) mass is 725 g/mol. The maximum Gasteiger partial charge on any atom is 0.302 e. The maximum absolute atomic E-state index is 15.7. The molecule has 3 aliphatic rings. The number of hydrogen-bond acceptors (Lipinski definition) is 6. The number of esters is 1. The largest absolute Gasteiger partial charge is 0.461 e. The van der Waals surface area contributed by atoms with Crippen LogP contribution < -0.4 is 10.9 Å². The Kier molecular flexibility index (Phi) is 9.36. The number of imidazole rings is 1. The second kappa shape index (κ2) is 14.2. The Morgan fingerprint density at radius 3 is 2.72 bits per heavy atom. The average molecular weight is 726 g/mol. The zero-order chi connectivity index (χ0) is 37.7. The van der Waals surface area contributed by atoms with Gasteiger partial charge in [-0.1, -0.05) is 83.2 Å². The second-order valence-electron chi connectivity index (χ2n) is 16.5. The molecular weight excluding hydrogens is 678 g/mol. The highest BCUT2D eigenvalue weighted by Gasteiger charge is 2.35. The minimum Gasteiger partial charge on any atom is -0.461 e. The van der Waals surface area contributed by atoms with E-state index < -0.39 is 17.3 Å². The number of nitrogens with zero attached hydrogens (tertiary/aromatic N) is 4. The van der Waals surface area contributed by atoms with Crippen LogP contribution in [0.5, 0.6) is 0 Å². The number of carbonyl (C=O) groups is 1. The van der Waals surface area contributed by atoms with Gasteiger partial charge in [0.05, 0.1) is 23.0 Å². The SMILES string of the molecule is CC(=O)OCc1c(-c2cc(NC3=CC=C(C4CCCCC(C)CC4)C=C4CC43)c3nccn3c2)cccc1-n1ncc2cc(C(C)(C)C)cc(F)c2c1=O. The summed E-state index contributed by atoms with van der Waals surface area (Å²) in [5.74, 6) is 0.684. The number of fused-ring (bicyclic) bond motifs is 3. The normalized spacial score (nSPS) is 20.3. The van der Waals surface area contributed by atoms with Gasteiger partial charge in [-0.2, -0.15) is 9.78 Å². The molecule has 1 N–H and O–H groups in total. The molecule has 0 radical (unpaired) electrons. The molecule has 0 aliphatic heterocycles. The first-order chi connectivity index (χ1) is 25.9. The van der Waals surface area contributed by atoms with Gasteiger partial charge < -0.3 is 14.5 Å². The standard InChI is InChI=1S/C45H48FN5O3/c1-27-9-6-7-10-29(14-13-27)30-15-16-39(36-21-31(36)19-30)49-40-22-33(25-50-18-17-47-43(40)50)35-11-8-12-41(37(35)26-54-28(2)52)51-44(53)42-32(24-48-51)20-34(23-38(42)46)45(3,4)5/h8,11-12,15-20,22-25,27,29,36,49H,6-7,9-10,13-14,21,26H2,1-5H3. The molecule has 0 saturated heterocycles. The van der Waals surface area contributed by atoms with Crippen molar-refractivity contribution in [3.8, 4) is 16.8 Å². The highest BCUT2D eigenvalue weighted by molar-refractivity contribution is 5.84. The van der Waals surface area contributed by atoms with E-state index in [4.69, 9.17) is 9.72 Å². The molecule has 3 atom stereocenters. The third kappa shape index (κ3) is 7.04. The van der Waals surface area contributed by atoms with E-state index in [1.807, 2.05) is 55.8 Å². The van der Waals surface area contributed by atoms with E-state index in [0.29, 0.717) is 28.5 Å². The molecular formula is C45H48FN5O3. The van der Waals surface area contributed by atoms with Crippen LogP contribution in [0.25, 0.3) is 33.2 Å². The van der Waals surface area contributed by atoms with Gasteiger partial charge in [-0.15, -0.1) is 0 Å². The van der Waals surface area contributed by atoms with Gasteiger partial charge >= 0.3 is 5.97 Å². The van der Waals surface area contributed by atoms with Crippen LogP contribution in [0.3, 0.4) is 0 Å². The van der Waals surface area contributed by atoms with Crippen LogP contribution in [0, 0.1) is 23.6 Å². The van der Waals surface area contributed by atoms with Crippen molar-refractivity contribution >= 4 is 28.1 Å². The third-order valence-electron chi connectivity index (χ3n) is 11.5. The molecule has 8 nitrogen and oxygen atoms in total. The molecule has 3 aromatic heterocycles. The summed E-state index contributed by atoms with van der Waals surface area (Å²) in [5.41, 5.74) is 8.11. The number of benzene rings is 2. The molecule has 8 rings (SSSR count). The Balaban J connectivity index is 1.19. The van der Waals surface area contributed by atoms with Crippen molar-refractivity contribution < 1.29 is 13.9 Å². The highest BCUT2D eigenvalue weighted by atomic mass is 19.1. The lowest BCUT2D eigenvalue weighted by molar-refractivity contribution is -0.142. The van der Waals surface area contributed by atoms with Crippen molar-refractivity contribution in [2.75, 3.05) is 5.32 Å². The Labute approximate surface area is 315 Å². The summed E-state index contributed by atoms with van der Waals surface area (Å²) >= 11 is 0. The van der Waals surface area contributed by atoms with Crippen molar-refractivity contribution in [2.24, 2.45) is 17.8 Å². The fraction of sp³-hybridized carbons (Fsp3) is 0.378. The number of allylic oxidation sites excluding steroid dienone is 5. The quantitative estimate of drug-likeness (QED) is 0.168. The molecule has 3 unspecified atom stereocenters. The topological polar surface area (TPSA) is 90.5 Å². The molecule has 3 heterocycles. The molecule has 3 aliphatic carbocycles. The molecule has 9 heteroatoms. The first-order valence-corrected chi connectivity index (χ1v) is 19.3. The predicted molar refractivity (Wildman–Crippen MR) is 212 cm³/mol. The summed E-state index contributed by atoms with van der Waals surface area (Å²) in [6.07, 6.45) is 23.0. The summed E-state index contributed by atoms with van der Waals surface area (Å²) in [6.45, 7) is 9.62. The fourth-order valence-corrected chi connectivity index (χ4v) is 8.22. The van der Waals surface area contributed by atoms with Gasteiger partial charge in [-0.25, -0.2) is 9.37 Å². The minimum absolute atomic E-state index is 0.0420. The van der Waals surface area contributed by atoms with Gasteiger partial charge in [0.15, 0.2) is 5.65 Å². The minimum atomic E-state index is -0.597. The second-order valence-corrected chi connectivity index (χ2v) is 16.5. The van der Waals surface area contributed by atoms with Gasteiger partial charge in [-0.3, -0.25) is 9.59 Å². The summed E-state index contributed by atoms with van der Waals surface area (Å²) in [5, 5.41) is 8.69. The van der Waals surface area contributed by atoms with Gasteiger partial charge in [0.25, 0.3) is 5.56 Å². The lowest BCUT2D eigenvalue weighted by Crippen LogP contribution is -2.24. The van der Waals surface area contributed by atoms with Crippen LogP contribution in [0.15, 0.2) is 101 Å². The number of aromatic nitrogens is 4. The summed E-state index contributed by atoms with van der Waals surface area (Å²) in [4.78, 5) is 30.9. The molecule has 0 amide bonds. The van der Waals surface area contributed by atoms with E-state index in [2.05, 4.69) is 41.6 Å². The molecule has 0 spiro atoms. The summed E-state index contributed by atoms with van der Waals surface area (Å²) < 4.78 is 24.4.